The molecule has 0 spiro atoms. The molecule has 0 unspecified atom stereocenters. The van der Waals surface area contributed by atoms with Crippen LogP contribution in [0.1, 0.15) is 13.8 Å². The molecule has 0 bridgehead atoms. The summed E-state index contributed by atoms with van der Waals surface area (Å²) in [6.07, 6.45) is -0.0353. The summed E-state index contributed by atoms with van der Waals surface area (Å²) >= 11 is 1.99. The van der Waals surface area contributed by atoms with E-state index in [1.807, 2.05) is 36.4 Å². The van der Waals surface area contributed by atoms with E-state index >= 15 is 0 Å². The van der Waals surface area contributed by atoms with Crippen molar-refractivity contribution in [3.05, 3.63) is 0 Å². The topological polar surface area (TPSA) is 18.5 Å². The van der Waals surface area contributed by atoms with Crippen molar-refractivity contribution in [2.24, 2.45) is 0 Å². The van der Waals surface area contributed by atoms with Crippen molar-refractivity contribution >= 4 is 22.6 Å². The third-order valence-corrected chi connectivity index (χ3v) is 1.54. The first-order chi connectivity index (χ1) is 4.64. The first-order valence-electron chi connectivity index (χ1n) is 3.07. The number of halogens is 1. The van der Waals surface area contributed by atoms with Gasteiger partial charge in [0.1, 0.15) is 6.10 Å². The molecule has 3 heteroatoms. The summed E-state index contributed by atoms with van der Waals surface area (Å²) in [5.74, 6) is 2.45. The van der Waals surface area contributed by atoms with Gasteiger partial charge in [-0.05, 0) is 17.8 Å². The Morgan fingerprint density at radius 2 is 2.30 bits per heavy atom. The number of hydrogen-bond acceptors (Lipinski definition) is 2. The highest BCUT2D eigenvalue weighted by atomic mass is 127. The third-order valence-electron chi connectivity index (χ3n) is 1.22. The number of ether oxygens (including phenoxy) is 2. The molecule has 1 saturated heterocycles. The molecule has 1 rings (SSSR count). The summed E-state index contributed by atoms with van der Waals surface area (Å²) in [4.78, 5) is 0. The molecule has 2 nitrogen and oxygen atoms in total. The minimum absolute atomic E-state index is 0.0353. The predicted molar refractivity (Wildman–Crippen MR) is 46.7 cm³/mol. The van der Waals surface area contributed by atoms with Crippen molar-refractivity contribution in [1.29, 1.82) is 0 Å². The van der Waals surface area contributed by atoms with Gasteiger partial charge in [0.15, 0.2) is 5.79 Å². The van der Waals surface area contributed by atoms with E-state index < -0.39 is 5.79 Å². The van der Waals surface area contributed by atoms with E-state index in [0.29, 0.717) is 6.61 Å². The van der Waals surface area contributed by atoms with Gasteiger partial charge in [-0.3, -0.25) is 0 Å². The Kier molecular flexibility index (Phi) is 2.55. The molecular formula is C7H9IO2. The van der Waals surface area contributed by atoms with E-state index in [1.54, 1.807) is 0 Å². The Balaban J connectivity index is 2.48. The molecule has 0 aromatic rings. The van der Waals surface area contributed by atoms with Crippen molar-refractivity contribution in [3.8, 4) is 9.85 Å². The van der Waals surface area contributed by atoms with Crippen molar-refractivity contribution in [1.82, 2.24) is 0 Å². The zero-order chi connectivity index (χ0) is 7.61. The Hall–Kier alpha value is 0.210. The second kappa shape index (κ2) is 3.07. The smallest absolute Gasteiger partial charge is 0.164 e. The van der Waals surface area contributed by atoms with Crippen LogP contribution in [0.2, 0.25) is 0 Å². The minimum atomic E-state index is -0.439. The molecule has 1 aliphatic heterocycles. The van der Waals surface area contributed by atoms with Gasteiger partial charge in [-0.25, -0.2) is 0 Å². The van der Waals surface area contributed by atoms with Crippen molar-refractivity contribution < 1.29 is 9.47 Å². The Labute approximate surface area is 74.4 Å². The lowest BCUT2D eigenvalue weighted by atomic mass is 10.4. The lowest BCUT2D eigenvalue weighted by Gasteiger charge is -2.14. The molecule has 0 aromatic heterocycles. The molecule has 1 aliphatic rings. The molecule has 10 heavy (non-hydrogen) atoms. The molecule has 0 saturated carbocycles. The molecule has 0 amide bonds. The zero-order valence-corrected chi connectivity index (χ0v) is 8.14. The maximum absolute atomic E-state index is 5.39. The van der Waals surface area contributed by atoms with Crippen LogP contribution in [0.4, 0.5) is 0 Å². The van der Waals surface area contributed by atoms with Crippen molar-refractivity contribution in [2.45, 2.75) is 25.7 Å². The molecule has 1 fully saturated rings. The Morgan fingerprint density at radius 1 is 1.60 bits per heavy atom. The number of rotatable bonds is 0. The highest BCUT2D eigenvalue weighted by molar-refractivity contribution is 14.1. The molecule has 0 aliphatic carbocycles. The molecule has 0 aromatic carbocycles. The van der Waals surface area contributed by atoms with Crippen molar-refractivity contribution in [3.63, 3.8) is 0 Å². The quantitative estimate of drug-likeness (QED) is 0.481. The zero-order valence-electron chi connectivity index (χ0n) is 5.98. The highest BCUT2D eigenvalue weighted by Gasteiger charge is 2.31. The second-order valence-electron chi connectivity index (χ2n) is 2.56. The lowest BCUT2D eigenvalue weighted by Crippen LogP contribution is -2.20. The van der Waals surface area contributed by atoms with Crippen molar-refractivity contribution in [2.75, 3.05) is 6.61 Å². The largest absolute Gasteiger partial charge is 0.347 e. The summed E-state index contributed by atoms with van der Waals surface area (Å²) in [5.41, 5.74) is 0. The van der Waals surface area contributed by atoms with Crippen LogP contribution in [-0.2, 0) is 9.47 Å². The average molecular weight is 252 g/mol. The van der Waals surface area contributed by atoms with Gasteiger partial charge in [0, 0.05) is 22.6 Å². The molecule has 0 N–H and O–H groups in total. The van der Waals surface area contributed by atoms with E-state index in [-0.39, 0.29) is 6.10 Å². The second-order valence-corrected chi connectivity index (χ2v) is 3.10. The van der Waals surface area contributed by atoms with Crippen LogP contribution < -0.4 is 0 Å². The normalized spacial score (nSPS) is 29.3. The predicted octanol–water partition coefficient (Wildman–Crippen LogP) is 1.53. The van der Waals surface area contributed by atoms with Crippen LogP contribution in [0.3, 0.4) is 0 Å². The monoisotopic (exact) mass is 252 g/mol. The van der Waals surface area contributed by atoms with Gasteiger partial charge in [-0.2, -0.15) is 0 Å². The van der Waals surface area contributed by atoms with E-state index in [1.165, 1.54) is 0 Å². The van der Waals surface area contributed by atoms with Gasteiger partial charge in [0.05, 0.1) is 6.61 Å². The van der Waals surface area contributed by atoms with Crippen LogP contribution in [-0.4, -0.2) is 18.5 Å². The lowest BCUT2D eigenvalue weighted by molar-refractivity contribution is -0.132. The van der Waals surface area contributed by atoms with Gasteiger partial charge >= 0.3 is 0 Å². The number of hydrogen-bond donors (Lipinski definition) is 0. The van der Waals surface area contributed by atoms with E-state index in [0.717, 1.165) is 0 Å². The third kappa shape index (κ3) is 2.11. The van der Waals surface area contributed by atoms with Crippen LogP contribution in [0.15, 0.2) is 0 Å². The van der Waals surface area contributed by atoms with Gasteiger partial charge in [0.25, 0.3) is 0 Å². The van der Waals surface area contributed by atoms with E-state index in [2.05, 4.69) is 9.85 Å². The van der Waals surface area contributed by atoms with Crippen LogP contribution in [0.5, 0.6) is 0 Å². The summed E-state index contributed by atoms with van der Waals surface area (Å²) in [5, 5.41) is 0. The van der Waals surface area contributed by atoms with Gasteiger partial charge in [0.2, 0.25) is 0 Å². The van der Waals surface area contributed by atoms with Crippen LogP contribution >= 0.6 is 22.6 Å². The summed E-state index contributed by atoms with van der Waals surface area (Å²) < 4.78 is 13.4. The summed E-state index contributed by atoms with van der Waals surface area (Å²) in [6, 6.07) is 0. The first kappa shape index (κ1) is 8.31. The van der Waals surface area contributed by atoms with E-state index in [4.69, 9.17) is 9.47 Å². The standard InChI is InChI=1S/C7H9IO2/c1-7(2)9-5-6(10-7)3-4-8/h6H,5H2,1-2H3/t6-/m0/s1. The fourth-order valence-corrected chi connectivity index (χ4v) is 1.17. The fraction of sp³-hybridized carbons (Fsp3) is 0.714. The fourth-order valence-electron chi connectivity index (χ4n) is 0.819. The summed E-state index contributed by atoms with van der Waals surface area (Å²) in [6.45, 7) is 4.37. The SMILES string of the molecule is CC1(C)OC[C@H](C#CI)O1. The molecule has 1 heterocycles. The molecular weight excluding hydrogens is 243 g/mol. The van der Waals surface area contributed by atoms with Crippen LogP contribution in [0.25, 0.3) is 0 Å². The minimum Gasteiger partial charge on any atom is -0.347 e. The highest BCUT2D eigenvalue weighted by Crippen LogP contribution is 2.21. The van der Waals surface area contributed by atoms with Gasteiger partial charge < -0.3 is 9.47 Å². The Bertz CT molecular complexity index is 178. The van der Waals surface area contributed by atoms with Gasteiger partial charge in [-0.15, -0.1) is 0 Å². The average Bonchev–Trinajstić information content (AvgIpc) is 2.12. The van der Waals surface area contributed by atoms with E-state index in [9.17, 15) is 0 Å². The Morgan fingerprint density at radius 3 is 2.70 bits per heavy atom. The maximum atomic E-state index is 5.39. The molecule has 1 atom stereocenters. The maximum Gasteiger partial charge on any atom is 0.164 e. The first-order valence-corrected chi connectivity index (χ1v) is 4.15. The summed E-state index contributed by atoms with van der Waals surface area (Å²) in [7, 11) is 0. The molecule has 56 valence electrons. The van der Waals surface area contributed by atoms with Crippen LogP contribution in [0, 0.1) is 9.85 Å². The molecule has 0 radical (unpaired) electrons. The van der Waals surface area contributed by atoms with Gasteiger partial charge in [-0.1, -0.05) is 5.92 Å².